The van der Waals surface area contributed by atoms with E-state index in [1.54, 1.807) is 6.92 Å². The van der Waals surface area contributed by atoms with Crippen LogP contribution >= 0.6 is 0 Å². The molecule has 0 aliphatic rings. The van der Waals surface area contributed by atoms with Gasteiger partial charge in [0, 0.05) is 6.04 Å². The number of hydrogen-bond acceptors (Lipinski definition) is 2. The number of primary amides is 1. The van der Waals surface area contributed by atoms with Crippen LogP contribution in [0.5, 0.6) is 0 Å². The molecule has 1 amide bonds. The molecule has 0 aliphatic heterocycles. The second-order valence-electron chi connectivity index (χ2n) is 4.82. The lowest BCUT2D eigenvalue weighted by atomic mass is 9.94. The van der Waals surface area contributed by atoms with E-state index in [2.05, 4.69) is 45.1 Å². The Morgan fingerprint density at radius 2 is 1.65 bits per heavy atom. The SMILES string of the molecule is Cc1cc(C)c(C(C)NC(C)C(N)=O)c(C)c1. The fourth-order valence-electron chi connectivity index (χ4n) is 2.41. The van der Waals surface area contributed by atoms with Crippen LogP contribution in [-0.4, -0.2) is 11.9 Å². The van der Waals surface area contributed by atoms with Gasteiger partial charge in [0.1, 0.15) is 0 Å². The van der Waals surface area contributed by atoms with Crippen molar-refractivity contribution in [2.24, 2.45) is 5.73 Å². The van der Waals surface area contributed by atoms with Crippen molar-refractivity contribution in [1.82, 2.24) is 5.32 Å². The zero-order valence-corrected chi connectivity index (χ0v) is 11.3. The number of carbonyl (C=O) groups is 1. The summed E-state index contributed by atoms with van der Waals surface area (Å²) in [6.45, 7) is 10.1. The average molecular weight is 234 g/mol. The van der Waals surface area contributed by atoms with Gasteiger partial charge in [-0.15, -0.1) is 0 Å². The second-order valence-corrected chi connectivity index (χ2v) is 4.82. The molecular weight excluding hydrogens is 212 g/mol. The molecule has 0 heterocycles. The Bertz CT molecular complexity index is 403. The molecule has 0 fully saturated rings. The molecule has 17 heavy (non-hydrogen) atoms. The van der Waals surface area contributed by atoms with E-state index in [4.69, 9.17) is 5.73 Å². The molecule has 1 rings (SSSR count). The summed E-state index contributed by atoms with van der Waals surface area (Å²) in [6, 6.07) is 4.13. The van der Waals surface area contributed by atoms with Gasteiger partial charge in [-0.25, -0.2) is 0 Å². The van der Waals surface area contributed by atoms with Crippen molar-refractivity contribution in [2.45, 2.75) is 46.7 Å². The molecule has 0 aliphatic carbocycles. The van der Waals surface area contributed by atoms with Gasteiger partial charge in [0.05, 0.1) is 6.04 Å². The van der Waals surface area contributed by atoms with Crippen LogP contribution in [0.2, 0.25) is 0 Å². The van der Waals surface area contributed by atoms with Gasteiger partial charge < -0.3 is 5.73 Å². The van der Waals surface area contributed by atoms with Crippen molar-refractivity contribution < 1.29 is 4.79 Å². The number of amides is 1. The summed E-state index contributed by atoms with van der Waals surface area (Å²) in [5.41, 5.74) is 10.3. The minimum Gasteiger partial charge on any atom is -0.368 e. The monoisotopic (exact) mass is 234 g/mol. The Labute approximate surface area is 103 Å². The zero-order valence-electron chi connectivity index (χ0n) is 11.3. The molecule has 0 saturated carbocycles. The summed E-state index contributed by atoms with van der Waals surface area (Å²) in [7, 11) is 0. The standard InChI is InChI=1S/C14H22N2O/c1-8-6-9(2)13(10(3)7-8)11(4)16-12(5)14(15)17/h6-7,11-12,16H,1-5H3,(H2,15,17). The molecule has 3 N–H and O–H groups in total. The largest absolute Gasteiger partial charge is 0.368 e. The summed E-state index contributed by atoms with van der Waals surface area (Å²) in [5.74, 6) is -0.320. The van der Waals surface area contributed by atoms with Crippen molar-refractivity contribution in [3.63, 3.8) is 0 Å². The fourth-order valence-corrected chi connectivity index (χ4v) is 2.41. The van der Waals surface area contributed by atoms with Crippen molar-refractivity contribution in [3.8, 4) is 0 Å². The van der Waals surface area contributed by atoms with Gasteiger partial charge in [-0.2, -0.15) is 0 Å². The molecule has 2 unspecified atom stereocenters. The maximum Gasteiger partial charge on any atom is 0.234 e. The molecule has 1 aromatic carbocycles. The first kappa shape index (κ1) is 13.7. The molecule has 0 bridgehead atoms. The number of hydrogen-bond donors (Lipinski definition) is 2. The Morgan fingerprint density at radius 3 is 2.06 bits per heavy atom. The lowest BCUT2D eigenvalue weighted by molar-refractivity contribution is -0.119. The minimum atomic E-state index is -0.320. The molecule has 0 spiro atoms. The molecule has 3 nitrogen and oxygen atoms in total. The maximum absolute atomic E-state index is 11.0. The fraction of sp³-hybridized carbons (Fsp3) is 0.500. The summed E-state index contributed by atoms with van der Waals surface area (Å²) >= 11 is 0. The van der Waals surface area contributed by atoms with Crippen LogP contribution in [0.15, 0.2) is 12.1 Å². The van der Waals surface area contributed by atoms with Crippen LogP contribution in [0.4, 0.5) is 0 Å². The molecule has 0 radical (unpaired) electrons. The predicted molar refractivity (Wildman–Crippen MR) is 70.9 cm³/mol. The summed E-state index contributed by atoms with van der Waals surface area (Å²) in [4.78, 5) is 11.0. The first-order valence-electron chi connectivity index (χ1n) is 5.96. The molecule has 3 heteroatoms. The van der Waals surface area contributed by atoms with Crippen molar-refractivity contribution in [3.05, 3.63) is 34.4 Å². The Hall–Kier alpha value is -1.35. The van der Waals surface area contributed by atoms with Crippen LogP contribution in [0.1, 0.15) is 42.1 Å². The third kappa shape index (κ3) is 3.30. The first-order valence-corrected chi connectivity index (χ1v) is 5.96. The van der Waals surface area contributed by atoms with Crippen LogP contribution in [0.3, 0.4) is 0 Å². The van der Waals surface area contributed by atoms with Gasteiger partial charge in [0.15, 0.2) is 0 Å². The van der Waals surface area contributed by atoms with E-state index in [9.17, 15) is 4.79 Å². The van der Waals surface area contributed by atoms with Crippen LogP contribution in [0, 0.1) is 20.8 Å². The number of aryl methyl sites for hydroxylation is 3. The third-order valence-electron chi connectivity index (χ3n) is 3.10. The van der Waals surface area contributed by atoms with E-state index in [0.29, 0.717) is 0 Å². The van der Waals surface area contributed by atoms with E-state index < -0.39 is 0 Å². The van der Waals surface area contributed by atoms with E-state index in [1.807, 2.05) is 0 Å². The molecule has 2 atom stereocenters. The van der Waals surface area contributed by atoms with Crippen LogP contribution in [0.25, 0.3) is 0 Å². The highest BCUT2D eigenvalue weighted by Crippen LogP contribution is 2.23. The molecule has 1 aromatic rings. The number of nitrogens with two attached hydrogens (primary N) is 1. The van der Waals surface area contributed by atoms with Gasteiger partial charge in [-0.3, -0.25) is 10.1 Å². The van der Waals surface area contributed by atoms with E-state index in [-0.39, 0.29) is 18.0 Å². The van der Waals surface area contributed by atoms with E-state index >= 15 is 0 Å². The van der Waals surface area contributed by atoms with Crippen molar-refractivity contribution in [1.29, 1.82) is 0 Å². The number of nitrogens with one attached hydrogen (secondary N) is 1. The van der Waals surface area contributed by atoms with Gasteiger partial charge >= 0.3 is 0 Å². The molecular formula is C14H22N2O. The van der Waals surface area contributed by atoms with Crippen LogP contribution in [-0.2, 0) is 4.79 Å². The van der Waals surface area contributed by atoms with Gasteiger partial charge in [-0.1, -0.05) is 17.7 Å². The topological polar surface area (TPSA) is 55.1 Å². The molecule has 0 aromatic heterocycles. The minimum absolute atomic E-state index is 0.123. The maximum atomic E-state index is 11.0. The van der Waals surface area contributed by atoms with Crippen molar-refractivity contribution in [2.75, 3.05) is 0 Å². The predicted octanol–water partition coefficient (Wildman–Crippen LogP) is 2.14. The number of carbonyl (C=O) groups excluding carboxylic acids is 1. The lowest BCUT2D eigenvalue weighted by Gasteiger charge is -2.22. The highest BCUT2D eigenvalue weighted by molar-refractivity contribution is 5.79. The highest BCUT2D eigenvalue weighted by atomic mass is 16.1. The lowest BCUT2D eigenvalue weighted by Crippen LogP contribution is -2.40. The normalized spacial score (nSPS) is 14.4. The van der Waals surface area contributed by atoms with Gasteiger partial charge in [-0.05, 0) is 51.3 Å². The average Bonchev–Trinajstić information content (AvgIpc) is 2.15. The van der Waals surface area contributed by atoms with Gasteiger partial charge in [0.2, 0.25) is 5.91 Å². The van der Waals surface area contributed by atoms with Crippen LogP contribution < -0.4 is 11.1 Å². The molecule has 94 valence electrons. The number of rotatable bonds is 4. The zero-order chi connectivity index (χ0) is 13.2. The first-order chi connectivity index (χ1) is 7.82. The summed E-state index contributed by atoms with van der Waals surface area (Å²) in [6.07, 6.45) is 0. The van der Waals surface area contributed by atoms with E-state index in [1.165, 1.54) is 22.3 Å². The number of benzene rings is 1. The Morgan fingerprint density at radius 1 is 1.18 bits per heavy atom. The quantitative estimate of drug-likeness (QED) is 0.838. The smallest absolute Gasteiger partial charge is 0.234 e. The van der Waals surface area contributed by atoms with Crippen molar-refractivity contribution >= 4 is 5.91 Å². The highest BCUT2D eigenvalue weighted by Gasteiger charge is 2.16. The third-order valence-corrected chi connectivity index (χ3v) is 3.10. The Balaban J connectivity index is 2.96. The summed E-state index contributed by atoms with van der Waals surface area (Å²) < 4.78 is 0. The summed E-state index contributed by atoms with van der Waals surface area (Å²) in [5, 5.41) is 3.22. The van der Waals surface area contributed by atoms with Gasteiger partial charge in [0.25, 0.3) is 0 Å². The Kier molecular flexibility index (Phi) is 4.29. The van der Waals surface area contributed by atoms with E-state index in [0.717, 1.165) is 0 Å². The second kappa shape index (κ2) is 5.32. The molecule has 0 saturated heterocycles.